The van der Waals surface area contributed by atoms with Gasteiger partial charge in [-0.25, -0.2) is 4.79 Å². The predicted octanol–water partition coefficient (Wildman–Crippen LogP) is 3.23. The van der Waals surface area contributed by atoms with Crippen molar-refractivity contribution in [1.82, 2.24) is 0 Å². The van der Waals surface area contributed by atoms with E-state index < -0.39 is 25.1 Å². The van der Waals surface area contributed by atoms with E-state index in [0.717, 1.165) is 0 Å². The summed E-state index contributed by atoms with van der Waals surface area (Å²) in [7, 11) is 0. The molecule has 0 aliphatic heterocycles. The Morgan fingerprint density at radius 2 is 1.38 bits per heavy atom. The van der Waals surface area contributed by atoms with Gasteiger partial charge in [0.1, 0.15) is 5.75 Å². The number of carbonyl (C=O) groups excluding carboxylic acids is 5. The van der Waals surface area contributed by atoms with Gasteiger partial charge in [-0.05, 0) is 49.4 Å². The van der Waals surface area contributed by atoms with Gasteiger partial charge in [0, 0.05) is 33.5 Å². The Bertz CT molecular complexity index is 1330. The van der Waals surface area contributed by atoms with Crippen LogP contribution in [0.2, 0.25) is 0 Å². The molecule has 0 aromatic heterocycles. The van der Waals surface area contributed by atoms with Crippen molar-refractivity contribution in [1.29, 1.82) is 0 Å². The van der Waals surface area contributed by atoms with Gasteiger partial charge >= 0.3 is 5.97 Å². The number of Topliss-reactive ketones (excluding diaryl/α,β-unsaturated/α-hetero) is 1. The predicted molar refractivity (Wildman–Crippen MR) is 121 cm³/mol. The SMILES string of the molecule is CC(=O)c1ccc(OCC(=O)OCC(=O)Nc2ccc3c(c2)C(=O)c2ccccc2C3=O)cc1. The highest BCUT2D eigenvalue weighted by Crippen LogP contribution is 2.29. The van der Waals surface area contributed by atoms with E-state index in [1.54, 1.807) is 48.5 Å². The number of rotatable bonds is 7. The molecule has 0 spiro atoms. The molecular formula is C26H19NO7. The summed E-state index contributed by atoms with van der Waals surface area (Å²) in [6.45, 7) is 0.471. The Hall–Kier alpha value is -4.59. The van der Waals surface area contributed by atoms with Crippen LogP contribution in [0.5, 0.6) is 5.75 Å². The van der Waals surface area contributed by atoms with E-state index in [2.05, 4.69) is 5.32 Å². The van der Waals surface area contributed by atoms with Crippen molar-refractivity contribution in [2.45, 2.75) is 6.92 Å². The van der Waals surface area contributed by atoms with Crippen LogP contribution >= 0.6 is 0 Å². The van der Waals surface area contributed by atoms with Gasteiger partial charge in [-0.1, -0.05) is 24.3 Å². The van der Waals surface area contributed by atoms with Crippen LogP contribution in [0.15, 0.2) is 66.7 Å². The van der Waals surface area contributed by atoms with E-state index in [1.807, 2.05) is 0 Å². The van der Waals surface area contributed by atoms with E-state index in [-0.39, 0.29) is 28.5 Å². The van der Waals surface area contributed by atoms with Crippen molar-refractivity contribution in [2.75, 3.05) is 18.5 Å². The lowest BCUT2D eigenvalue weighted by Crippen LogP contribution is -2.24. The number of esters is 1. The zero-order chi connectivity index (χ0) is 24.2. The fraction of sp³-hybridized carbons (Fsp3) is 0.115. The van der Waals surface area contributed by atoms with E-state index in [9.17, 15) is 24.0 Å². The molecular weight excluding hydrogens is 438 g/mol. The summed E-state index contributed by atoms with van der Waals surface area (Å²) in [6, 6.07) is 17.2. The standard InChI is InChI=1S/C26H19NO7/c1-15(28)16-6-9-18(10-7-16)33-14-24(30)34-13-23(29)27-17-8-11-21-22(12-17)26(32)20-5-3-2-4-19(20)25(21)31/h2-12H,13-14H2,1H3,(H,27,29). The maximum atomic E-state index is 12.8. The quantitative estimate of drug-likeness (QED) is 0.335. The monoisotopic (exact) mass is 457 g/mol. The third-order valence-corrected chi connectivity index (χ3v) is 5.19. The summed E-state index contributed by atoms with van der Waals surface area (Å²) < 4.78 is 10.2. The highest BCUT2D eigenvalue weighted by molar-refractivity contribution is 6.28. The molecule has 1 aliphatic rings. The first-order valence-electron chi connectivity index (χ1n) is 10.4. The molecule has 170 valence electrons. The van der Waals surface area contributed by atoms with Crippen LogP contribution in [0, 0.1) is 0 Å². The van der Waals surface area contributed by atoms with Crippen molar-refractivity contribution in [2.24, 2.45) is 0 Å². The molecule has 0 radical (unpaired) electrons. The first kappa shape index (κ1) is 22.6. The molecule has 0 saturated carbocycles. The number of fused-ring (bicyclic) bond motifs is 2. The average Bonchev–Trinajstić information content (AvgIpc) is 2.85. The molecule has 0 fully saturated rings. The molecule has 4 rings (SSSR count). The summed E-state index contributed by atoms with van der Waals surface area (Å²) in [6.07, 6.45) is 0. The molecule has 3 aromatic rings. The Morgan fingerprint density at radius 1 is 0.765 bits per heavy atom. The van der Waals surface area contributed by atoms with Crippen LogP contribution in [-0.4, -0.2) is 42.4 Å². The van der Waals surface area contributed by atoms with Crippen molar-refractivity contribution >= 4 is 34.9 Å². The molecule has 0 atom stereocenters. The van der Waals surface area contributed by atoms with Crippen molar-refractivity contribution in [3.63, 3.8) is 0 Å². The van der Waals surface area contributed by atoms with Crippen LogP contribution in [0.25, 0.3) is 0 Å². The average molecular weight is 457 g/mol. The van der Waals surface area contributed by atoms with Crippen molar-refractivity contribution < 1.29 is 33.4 Å². The normalized spacial score (nSPS) is 11.8. The minimum Gasteiger partial charge on any atom is -0.482 e. The van der Waals surface area contributed by atoms with Crippen LogP contribution in [0.1, 0.15) is 49.1 Å². The highest BCUT2D eigenvalue weighted by atomic mass is 16.6. The van der Waals surface area contributed by atoms with E-state index >= 15 is 0 Å². The second kappa shape index (κ2) is 9.50. The molecule has 1 N–H and O–H groups in total. The zero-order valence-corrected chi connectivity index (χ0v) is 18.1. The van der Waals surface area contributed by atoms with Crippen LogP contribution in [0.4, 0.5) is 5.69 Å². The maximum Gasteiger partial charge on any atom is 0.344 e. The Kier molecular flexibility index (Phi) is 6.31. The number of ketones is 3. The second-order valence-electron chi connectivity index (χ2n) is 7.54. The maximum absolute atomic E-state index is 12.8. The molecule has 8 nitrogen and oxygen atoms in total. The van der Waals surface area contributed by atoms with Gasteiger partial charge in [-0.15, -0.1) is 0 Å². The van der Waals surface area contributed by atoms with E-state index in [1.165, 1.54) is 25.1 Å². The number of amides is 1. The topological polar surface area (TPSA) is 116 Å². The number of carbonyl (C=O) groups is 5. The summed E-state index contributed by atoms with van der Waals surface area (Å²) >= 11 is 0. The second-order valence-corrected chi connectivity index (χ2v) is 7.54. The van der Waals surface area contributed by atoms with Gasteiger partial charge in [0.2, 0.25) is 0 Å². The third-order valence-electron chi connectivity index (χ3n) is 5.19. The Labute approximate surface area is 194 Å². The highest BCUT2D eigenvalue weighted by Gasteiger charge is 2.29. The van der Waals surface area contributed by atoms with Crippen LogP contribution in [0.3, 0.4) is 0 Å². The zero-order valence-electron chi connectivity index (χ0n) is 18.1. The largest absolute Gasteiger partial charge is 0.482 e. The number of hydrogen-bond donors (Lipinski definition) is 1. The van der Waals surface area contributed by atoms with Gasteiger partial charge in [-0.3, -0.25) is 19.2 Å². The van der Waals surface area contributed by atoms with Gasteiger partial charge in [0.05, 0.1) is 0 Å². The minimum absolute atomic E-state index is 0.0864. The van der Waals surface area contributed by atoms with Gasteiger partial charge in [-0.2, -0.15) is 0 Å². The van der Waals surface area contributed by atoms with Crippen LogP contribution < -0.4 is 10.1 Å². The number of nitrogens with one attached hydrogen (secondary N) is 1. The van der Waals surface area contributed by atoms with Crippen molar-refractivity contribution in [3.8, 4) is 5.75 Å². The summed E-state index contributed by atoms with van der Waals surface area (Å²) in [4.78, 5) is 60.8. The molecule has 0 heterocycles. The molecule has 1 amide bonds. The van der Waals surface area contributed by atoms with Crippen molar-refractivity contribution in [3.05, 3.63) is 94.5 Å². The summed E-state index contributed by atoms with van der Waals surface area (Å²) in [5, 5.41) is 2.54. The molecule has 3 aromatic carbocycles. The fourth-order valence-corrected chi connectivity index (χ4v) is 3.49. The van der Waals surface area contributed by atoms with Gasteiger partial charge in [0.25, 0.3) is 5.91 Å². The number of hydrogen-bond acceptors (Lipinski definition) is 7. The molecule has 0 bridgehead atoms. The first-order chi connectivity index (χ1) is 16.3. The molecule has 34 heavy (non-hydrogen) atoms. The lowest BCUT2D eigenvalue weighted by atomic mass is 9.84. The number of ether oxygens (including phenoxy) is 2. The third kappa shape index (κ3) is 4.75. The molecule has 8 heteroatoms. The lowest BCUT2D eigenvalue weighted by Gasteiger charge is -2.18. The summed E-state index contributed by atoms with van der Waals surface area (Å²) in [5.41, 5.74) is 1.93. The Balaban J connectivity index is 1.31. The van der Waals surface area contributed by atoms with Gasteiger partial charge in [0.15, 0.2) is 30.6 Å². The van der Waals surface area contributed by atoms with Gasteiger partial charge < -0.3 is 14.8 Å². The van der Waals surface area contributed by atoms with E-state index in [0.29, 0.717) is 28.1 Å². The Morgan fingerprint density at radius 3 is 2.03 bits per heavy atom. The molecule has 0 unspecified atom stereocenters. The lowest BCUT2D eigenvalue weighted by molar-refractivity contribution is -0.149. The molecule has 1 aliphatic carbocycles. The first-order valence-corrected chi connectivity index (χ1v) is 10.4. The minimum atomic E-state index is -0.756. The van der Waals surface area contributed by atoms with E-state index in [4.69, 9.17) is 9.47 Å². The number of benzene rings is 3. The smallest absolute Gasteiger partial charge is 0.344 e. The fourth-order valence-electron chi connectivity index (χ4n) is 3.49. The molecule has 0 saturated heterocycles. The number of anilines is 1. The summed E-state index contributed by atoms with van der Waals surface area (Å²) in [5.74, 6) is -1.64. The van der Waals surface area contributed by atoms with Crippen LogP contribution in [-0.2, 0) is 14.3 Å².